The van der Waals surface area contributed by atoms with Gasteiger partial charge in [0, 0.05) is 31.0 Å². The van der Waals surface area contributed by atoms with Gasteiger partial charge in [-0.3, -0.25) is 4.90 Å². The Morgan fingerprint density at radius 3 is 1.38 bits per heavy atom. The van der Waals surface area contributed by atoms with Crippen molar-refractivity contribution >= 4 is 9.28 Å². The molecule has 0 radical (unpaired) electrons. The highest BCUT2D eigenvalue weighted by Gasteiger charge is 2.39. The van der Waals surface area contributed by atoms with Gasteiger partial charge in [-0.15, -0.1) is 0 Å². The van der Waals surface area contributed by atoms with Gasteiger partial charge in [0.05, 0.1) is 0 Å². The number of nitrogens with zero attached hydrogens (tertiary/aromatic N) is 1. The molecule has 98 valence electrons. The van der Waals surface area contributed by atoms with E-state index >= 15 is 0 Å². The molecule has 0 rings (SSSR count). The Bertz CT molecular complexity index is 190. The normalized spacial score (nSPS) is 15.9. The molecule has 0 aromatic heterocycles. The fourth-order valence-corrected chi connectivity index (χ4v) is 4.96. The standard InChI is InChI=1S/C12H29NO2Si/c1-10(16(14-8)15-9)13(11(2,3)4)12(5,6)7/h10,16H,1-9H3. The number of rotatable bonds is 4. The smallest absolute Gasteiger partial charge is 0.338 e. The highest BCUT2D eigenvalue weighted by Crippen LogP contribution is 2.28. The van der Waals surface area contributed by atoms with E-state index in [-0.39, 0.29) is 11.1 Å². The lowest BCUT2D eigenvalue weighted by Crippen LogP contribution is -2.61. The molecule has 0 saturated carbocycles. The van der Waals surface area contributed by atoms with E-state index in [0.717, 1.165) is 0 Å². The molecule has 0 fully saturated rings. The third kappa shape index (κ3) is 4.16. The van der Waals surface area contributed by atoms with Gasteiger partial charge in [0.2, 0.25) is 0 Å². The maximum atomic E-state index is 5.51. The first kappa shape index (κ1) is 16.1. The largest absolute Gasteiger partial charge is 0.399 e. The number of hydrogen-bond acceptors (Lipinski definition) is 3. The van der Waals surface area contributed by atoms with E-state index in [9.17, 15) is 0 Å². The maximum Gasteiger partial charge on any atom is 0.338 e. The molecule has 0 aromatic rings. The molecule has 16 heavy (non-hydrogen) atoms. The van der Waals surface area contributed by atoms with Gasteiger partial charge >= 0.3 is 9.28 Å². The second-order valence-corrected chi connectivity index (χ2v) is 8.94. The summed E-state index contributed by atoms with van der Waals surface area (Å²) in [6.45, 7) is 15.7. The molecule has 0 amide bonds. The van der Waals surface area contributed by atoms with Crippen molar-refractivity contribution in [2.24, 2.45) is 0 Å². The predicted molar refractivity (Wildman–Crippen MR) is 72.0 cm³/mol. The molecule has 0 aliphatic carbocycles. The van der Waals surface area contributed by atoms with Crippen molar-refractivity contribution in [3.63, 3.8) is 0 Å². The van der Waals surface area contributed by atoms with Crippen LogP contribution in [0.25, 0.3) is 0 Å². The first-order valence-electron chi connectivity index (χ1n) is 5.90. The lowest BCUT2D eigenvalue weighted by atomic mass is 9.96. The zero-order chi connectivity index (χ0) is 13.1. The van der Waals surface area contributed by atoms with E-state index in [1.165, 1.54) is 0 Å². The van der Waals surface area contributed by atoms with Crippen LogP contribution in [-0.2, 0) is 8.85 Å². The van der Waals surface area contributed by atoms with Crippen molar-refractivity contribution in [3.8, 4) is 0 Å². The van der Waals surface area contributed by atoms with Gasteiger partial charge < -0.3 is 8.85 Å². The lowest BCUT2D eigenvalue weighted by Gasteiger charge is -2.50. The van der Waals surface area contributed by atoms with E-state index in [2.05, 4.69) is 53.4 Å². The van der Waals surface area contributed by atoms with Crippen LogP contribution in [0.4, 0.5) is 0 Å². The van der Waals surface area contributed by atoms with E-state index < -0.39 is 9.28 Å². The van der Waals surface area contributed by atoms with Crippen molar-refractivity contribution < 1.29 is 8.85 Å². The van der Waals surface area contributed by atoms with Gasteiger partial charge in [-0.05, 0) is 48.5 Å². The molecule has 0 saturated heterocycles. The highest BCUT2D eigenvalue weighted by atomic mass is 28.3. The van der Waals surface area contributed by atoms with Crippen LogP contribution in [-0.4, -0.2) is 45.1 Å². The minimum absolute atomic E-state index is 0.111. The second-order valence-electron chi connectivity index (χ2n) is 6.29. The Morgan fingerprint density at radius 2 is 1.19 bits per heavy atom. The minimum Gasteiger partial charge on any atom is -0.399 e. The molecule has 0 aromatic carbocycles. The Labute approximate surface area is 103 Å². The summed E-state index contributed by atoms with van der Waals surface area (Å²) in [5.41, 5.74) is 0.565. The zero-order valence-corrected chi connectivity index (χ0v) is 13.6. The van der Waals surface area contributed by atoms with Crippen LogP contribution < -0.4 is 0 Å². The Hall–Kier alpha value is 0.0969. The van der Waals surface area contributed by atoms with Gasteiger partial charge in [0.25, 0.3) is 0 Å². The third-order valence-corrected chi connectivity index (χ3v) is 4.73. The van der Waals surface area contributed by atoms with Gasteiger partial charge in [0.1, 0.15) is 0 Å². The monoisotopic (exact) mass is 247 g/mol. The van der Waals surface area contributed by atoms with Crippen molar-refractivity contribution in [2.75, 3.05) is 14.2 Å². The molecule has 1 unspecified atom stereocenters. The Balaban J connectivity index is 5.06. The molecule has 0 spiro atoms. The van der Waals surface area contributed by atoms with Gasteiger partial charge in [-0.1, -0.05) is 0 Å². The Morgan fingerprint density at radius 1 is 0.875 bits per heavy atom. The molecule has 0 bridgehead atoms. The molecule has 0 aliphatic heterocycles. The summed E-state index contributed by atoms with van der Waals surface area (Å²) >= 11 is 0. The van der Waals surface area contributed by atoms with Crippen LogP contribution in [0.2, 0.25) is 0 Å². The van der Waals surface area contributed by atoms with Crippen LogP contribution in [0.5, 0.6) is 0 Å². The van der Waals surface area contributed by atoms with Gasteiger partial charge in [-0.25, -0.2) is 0 Å². The van der Waals surface area contributed by atoms with Crippen molar-refractivity contribution in [3.05, 3.63) is 0 Å². The molecule has 0 aliphatic rings. The molecule has 0 N–H and O–H groups in total. The van der Waals surface area contributed by atoms with Crippen LogP contribution in [0.15, 0.2) is 0 Å². The Kier molecular flexibility index (Phi) is 5.66. The fourth-order valence-electron chi connectivity index (χ4n) is 2.84. The molecule has 1 atom stereocenters. The molecule has 3 nitrogen and oxygen atoms in total. The van der Waals surface area contributed by atoms with E-state index in [4.69, 9.17) is 8.85 Å². The molecular formula is C12H29NO2Si. The summed E-state index contributed by atoms with van der Waals surface area (Å²) in [5.74, 6) is 0. The van der Waals surface area contributed by atoms with Crippen LogP contribution in [0.3, 0.4) is 0 Å². The molecular weight excluding hydrogens is 218 g/mol. The summed E-state index contributed by atoms with van der Waals surface area (Å²) in [4.78, 5) is 2.49. The molecule has 4 heteroatoms. The number of hydrogen-bond donors (Lipinski definition) is 0. The average molecular weight is 247 g/mol. The topological polar surface area (TPSA) is 21.7 Å². The van der Waals surface area contributed by atoms with Crippen molar-refractivity contribution in [1.82, 2.24) is 4.90 Å². The highest BCUT2D eigenvalue weighted by molar-refractivity contribution is 6.46. The SMILES string of the molecule is CO[SiH](OC)C(C)N(C(C)(C)C)C(C)(C)C. The molecule has 0 heterocycles. The third-order valence-electron chi connectivity index (χ3n) is 2.71. The van der Waals surface area contributed by atoms with Crippen LogP contribution in [0.1, 0.15) is 48.5 Å². The van der Waals surface area contributed by atoms with E-state index in [1.807, 2.05) is 0 Å². The van der Waals surface area contributed by atoms with E-state index in [0.29, 0.717) is 5.67 Å². The zero-order valence-electron chi connectivity index (χ0n) is 12.4. The average Bonchev–Trinajstić information content (AvgIpc) is 2.00. The summed E-state index contributed by atoms with van der Waals surface area (Å²) in [5, 5.41) is 0. The van der Waals surface area contributed by atoms with Crippen LogP contribution in [0, 0.1) is 0 Å². The summed E-state index contributed by atoms with van der Waals surface area (Å²) in [7, 11) is 1.88. The quantitative estimate of drug-likeness (QED) is 0.712. The summed E-state index contributed by atoms with van der Waals surface area (Å²) in [6.07, 6.45) is 0. The maximum absolute atomic E-state index is 5.51. The fraction of sp³-hybridized carbons (Fsp3) is 1.00. The summed E-state index contributed by atoms with van der Waals surface area (Å²) < 4.78 is 11.0. The van der Waals surface area contributed by atoms with Gasteiger partial charge in [-0.2, -0.15) is 0 Å². The predicted octanol–water partition coefficient (Wildman–Crippen LogP) is 2.33. The second kappa shape index (κ2) is 5.62. The minimum atomic E-state index is -1.62. The van der Waals surface area contributed by atoms with Crippen molar-refractivity contribution in [2.45, 2.75) is 65.2 Å². The lowest BCUT2D eigenvalue weighted by molar-refractivity contribution is 0.0136. The van der Waals surface area contributed by atoms with E-state index in [1.54, 1.807) is 14.2 Å². The first-order chi connectivity index (χ1) is 7.05. The van der Waals surface area contributed by atoms with Crippen molar-refractivity contribution in [1.29, 1.82) is 0 Å². The van der Waals surface area contributed by atoms with Gasteiger partial charge in [0.15, 0.2) is 0 Å². The van der Waals surface area contributed by atoms with Crippen LogP contribution >= 0.6 is 0 Å². The summed E-state index contributed by atoms with van der Waals surface area (Å²) in [6, 6.07) is 0. The first-order valence-corrected chi connectivity index (χ1v) is 7.51.